The van der Waals surface area contributed by atoms with Crippen LogP contribution in [0.5, 0.6) is 0 Å². The molecule has 3 aromatic rings. The molecular weight excluding hydrogens is 490 g/mol. The predicted molar refractivity (Wildman–Crippen MR) is 150 cm³/mol. The molecule has 1 aromatic heterocycles. The molecular formula is C32H37N3O4. The van der Waals surface area contributed by atoms with E-state index in [1.165, 1.54) is 25.9 Å². The number of piperidine rings is 1. The zero-order valence-corrected chi connectivity index (χ0v) is 22.8. The second kappa shape index (κ2) is 10.3. The summed E-state index contributed by atoms with van der Waals surface area (Å²) in [6, 6.07) is 10.6. The topological polar surface area (TPSA) is 66.2 Å². The van der Waals surface area contributed by atoms with Gasteiger partial charge in [0.25, 0.3) is 0 Å². The highest BCUT2D eigenvalue weighted by Gasteiger charge is 2.39. The molecule has 1 aliphatic carbocycles. The fourth-order valence-corrected chi connectivity index (χ4v) is 7.22. The Hall–Kier alpha value is -2.84. The molecule has 7 rings (SSSR count). The van der Waals surface area contributed by atoms with Gasteiger partial charge in [0.15, 0.2) is 0 Å². The van der Waals surface area contributed by atoms with Crippen molar-refractivity contribution in [1.82, 2.24) is 14.7 Å². The van der Waals surface area contributed by atoms with E-state index in [4.69, 9.17) is 9.15 Å². The molecule has 2 saturated heterocycles. The number of Topliss-reactive ketones (excluding diaryl/α,β-unsaturated/α-hetero) is 2. The minimum Gasteiger partial charge on any atom is -0.459 e. The van der Waals surface area contributed by atoms with Crippen molar-refractivity contribution in [3.05, 3.63) is 58.3 Å². The molecule has 39 heavy (non-hydrogen) atoms. The first kappa shape index (κ1) is 25.1. The lowest BCUT2D eigenvalue weighted by atomic mass is 9.82. The van der Waals surface area contributed by atoms with E-state index in [-0.39, 0.29) is 0 Å². The Bertz CT molecular complexity index is 1430. The van der Waals surface area contributed by atoms with Crippen LogP contribution >= 0.6 is 0 Å². The average molecular weight is 528 g/mol. The first-order valence-corrected chi connectivity index (χ1v) is 14.6. The summed E-state index contributed by atoms with van der Waals surface area (Å²) in [6.07, 6.45) is 4.39. The largest absolute Gasteiger partial charge is 0.459 e. The number of ketones is 2. The van der Waals surface area contributed by atoms with Crippen molar-refractivity contribution in [3.8, 4) is 11.3 Å². The molecule has 4 heterocycles. The van der Waals surface area contributed by atoms with Crippen molar-refractivity contribution in [2.24, 2.45) is 0 Å². The van der Waals surface area contributed by atoms with Crippen LogP contribution in [-0.2, 0) is 17.7 Å². The first-order chi connectivity index (χ1) is 19.1. The lowest BCUT2D eigenvalue weighted by Gasteiger charge is -2.40. The molecule has 0 radical (unpaired) electrons. The third-order valence-electron chi connectivity index (χ3n) is 9.39. The van der Waals surface area contributed by atoms with Gasteiger partial charge in [-0.05, 0) is 81.2 Å². The van der Waals surface area contributed by atoms with E-state index in [2.05, 4.69) is 14.7 Å². The predicted octanol–water partition coefficient (Wildman–Crippen LogP) is 4.33. The number of hydrogen-bond donors (Lipinski definition) is 0. The van der Waals surface area contributed by atoms with Crippen molar-refractivity contribution >= 4 is 22.3 Å². The number of rotatable bonds is 5. The van der Waals surface area contributed by atoms with Crippen molar-refractivity contribution in [2.75, 3.05) is 59.0 Å². The second-order valence-electron chi connectivity index (χ2n) is 11.6. The van der Waals surface area contributed by atoms with E-state index < -0.39 is 11.6 Å². The summed E-state index contributed by atoms with van der Waals surface area (Å²) in [5.41, 5.74) is 3.80. The summed E-state index contributed by atoms with van der Waals surface area (Å²) < 4.78 is 11.9. The Kier molecular flexibility index (Phi) is 6.63. The maximum atomic E-state index is 13.4. The summed E-state index contributed by atoms with van der Waals surface area (Å²) in [5.74, 6) is 0.631. The fourth-order valence-electron chi connectivity index (χ4n) is 7.22. The molecule has 0 atom stereocenters. The molecule has 0 N–H and O–H groups in total. The maximum Gasteiger partial charge on any atom is 0.237 e. The number of nitrogens with zero attached hydrogens (tertiary/aromatic N) is 3. The van der Waals surface area contributed by atoms with Crippen LogP contribution in [0.25, 0.3) is 22.1 Å². The van der Waals surface area contributed by atoms with Gasteiger partial charge in [0.2, 0.25) is 11.6 Å². The van der Waals surface area contributed by atoms with Gasteiger partial charge < -0.3 is 14.1 Å². The van der Waals surface area contributed by atoms with E-state index in [0.717, 1.165) is 98.0 Å². The summed E-state index contributed by atoms with van der Waals surface area (Å²) in [7, 11) is 0. The Labute approximate surface area is 229 Å². The van der Waals surface area contributed by atoms with Gasteiger partial charge in [0, 0.05) is 42.4 Å². The average Bonchev–Trinajstić information content (AvgIpc) is 3.36. The second-order valence-corrected chi connectivity index (χ2v) is 11.6. The van der Waals surface area contributed by atoms with Crippen LogP contribution in [0.1, 0.15) is 56.9 Å². The zero-order chi connectivity index (χ0) is 26.5. The minimum absolute atomic E-state index is 0.405. The lowest BCUT2D eigenvalue weighted by Crippen LogP contribution is -2.49. The van der Waals surface area contributed by atoms with Crippen molar-refractivity contribution in [3.63, 3.8) is 0 Å². The SMILES string of the molecule is Cc1cccc2c3c(ccc12)-c1oc2c(c1C(=O)C3=O)CCN(CCCN1CCC(N3CCOCC3)CC1)C2. The highest BCUT2D eigenvalue weighted by molar-refractivity contribution is 6.54. The third kappa shape index (κ3) is 4.45. The van der Waals surface area contributed by atoms with Gasteiger partial charge in [-0.1, -0.05) is 24.3 Å². The zero-order valence-electron chi connectivity index (χ0n) is 22.8. The van der Waals surface area contributed by atoms with Gasteiger partial charge in [0.05, 0.1) is 25.3 Å². The quantitative estimate of drug-likeness (QED) is 0.458. The molecule has 0 unspecified atom stereocenters. The lowest BCUT2D eigenvalue weighted by molar-refractivity contribution is 0.000636. The summed E-state index contributed by atoms with van der Waals surface area (Å²) in [6.45, 7) is 12.0. The number of carbonyl (C=O) groups excluding carboxylic acids is 2. The van der Waals surface area contributed by atoms with Gasteiger partial charge in [-0.25, -0.2) is 0 Å². The molecule has 2 fully saturated rings. The Morgan fingerprint density at radius 3 is 2.44 bits per heavy atom. The number of morpholine rings is 1. The maximum absolute atomic E-state index is 13.4. The van der Waals surface area contributed by atoms with E-state index in [1.807, 2.05) is 37.3 Å². The minimum atomic E-state index is -0.412. The van der Waals surface area contributed by atoms with E-state index in [9.17, 15) is 9.59 Å². The third-order valence-corrected chi connectivity index (χ3v) is 9.39. The summed E-state index contributed by atoms with van der Waals surface area (Å²) >= 11 is 0. The Morgan fingerprint density at radius 1 is 0.846 bits per heavy atom. The molecule has 2 aromatic carbocycles. The van der Waals surface area contributed by atoms with E-state index >= 15 is 0 Å². The number of furan rings is 1. The monoisotopic (exact) mass is 527 g/mol. The van der Waals surface area contributed by atoms with Gasteiger partial charge in [-0.2, -0.15) is 0 Å². The molecule has 3 aliphatic heterocycles. The molecule has 0 saturated carbocycles. The number of carbonyl (C=O) groups is 2. The van der Waals surface area contributed by atoms with Gasteiger partial charge in [-0.15, -0.1) is 0 Å². The fraction of sp³-hybridized carbons (Fsp3) is 0.500. The first-order valence-electron chi connectivity index (χ1n) is 14.6. The molecule has 4 aliphatic rings. The van der Waals surface area contributed by atoms with Gasteiger partial charge >= 0.3 is 0 Å². The van der Waals surface area contributed by atoms with E-state index in [0.29, 0.717) is 23.4 Å². The van der Waals surface area contributed by atoms with Crippen LogP contribution in [0.3, 0.4) is 0 Å². The molecule has 0 amide bonds. The van der Waals surface area contributed by atoms with Crippen LogP contribution in [0.4, 0.5) is 0 Å². The van der Waals surface area contributed by atoms with Gasteiger partial charge in [-0.3, -0.25) is 19.4 Å². The number of fused-ring (bicyclic) bond motifs is 7. The van der Waals surface area contributed by atoms with Crippen LogP contribution in [-0.4, -0.2) is 91.3 Å². The van der Waals surface area contributed by atoms with Crippen molar-refractivity contribution < 1.29 is 18.7 Å². The Morgan fingerprint density at radius 2 is 1.62 bits per heavy atom. The number of ether oxygens (including phenoxy) is 1. The number of aryl methyl sites for hydroxylation is 1. The molecule has 0 spiro atoms. The van der Waals surface area contributed by atoms with Crippen LogP contribution in [0.2, 0.25) is 0 Å². The number of likely N-dealkylation sites (tertiary alicyclic amines) is 1. The van der Waals surface area contributed by atoms with Crippen LogP contribution in [0.15, 0.2) is 34.7 Å². The van der Waals surface area contributed by atoms with Crippen molar-refractivity contribution in [1.29, 1.82) is 0 Å². The smallest absolute Gasteiger partial charge is 0.237 e. The number of hydrogen-bond acceptors (Lipinski definition) is 7. The Balaban J connectivity index is 1.01. The summed E-state index contributed by atoms with van der Waals surface area (Å²) in [4.78, 5) is 34.4. The number of benzene rings is 2. The highest BCUT2D eigenvalue weighted by atomic mass is 16.5. The van der Waals surface area contributed by atoms with E-state index in [1.54, 1.807) is 0 Å². The highest BCUT2D eigenvalue weighted by Crippen LogP contribution is 2.43. The normalized spacial score (nSPS) is 21.3. The van der Waals surface area contributed by atoms with Gasteiger partial charge in [0.1, 0.15) is 11.5 Å². The van der Waals surface area contributed by atoms with Crippen LogP contribution in [0, 0.1) is 6.92 Å². The summed E-state index contributed by atoms with van der Waals surface area (Å²) in [5, 5.41) is 1.84. The standard InChI is InChI=1S/C32H37N3O4/c1-21-4-2-5-24-23(21)6-7-26-28(24)30(36)31(37)29-25-10-15-34(20-27(25)39-32(26)29)12-3-11-33-13-8-22(9-14-33)35-16-18-38-19-17-35/h2,4-7,22H,3,8-20H2,1H3. The van der Waals surface area contributed by atoms with Crippen molar-refractivity contribution in [2.45, 2.75) is 45.2 Å². The molecule has 7 heteroatoms. The molecule has 204 valence electrons. The molecule has 0 bridgehead atoms. The van der Waals surface area contributed by atoms with Crippen LogP contribution < -0.4 is 0 Å². The molecule has 7 nitrogen and oxygen atoms in total.